The number of nitrogens with zero attached hydrogens (tertiary/aromatic N) is 1. The van der Waals surface area contributed by atoms with Crippen LogP contribution in [0.4, 0.5) is 11.4 Å². The summed E-state index contributed by atoms with van der Waals surface area (Å²) >= 11 is 6.07. The number of hydrogen-bond acceptors (Lipinski definition) is 5. The molecule has 3 aromatic rings. The molecule has 1 aliphatic rings. The fourth-order valence-corrected chi connectivity index (χ4v) is 3.69. The van der Waals surface area contributed by atoms with Gasteiger partial charge in [0, 0.05) is 28.3 Å². The van der Waals surface area contributed by atoms with Gasteiger partial charge in [0.25, 0.3) is 0 Å². The van der Waals surface area contributed by atoms with Gasteiger partial charge in [0.15, 0.2) is 0 Å². The van der Waals surface area contributed by atoms with E-state index in [2.05, 4.69) is 15.6 Å². The second-order valence-corrected chi connectivity index (χ2v) is 7.34. The molecule has 1 atom stereocenters. The summed E-state index contributed by atoms with van der Waals surface area (Å²) in [4.78, 5) is 17.0. The molecule has 2 heterocycles. The number of benzene rings is 2. The molecule has 0 bridgehead atoms. The maximum Gasteiger partial charge on any atom is 0.340 e. The number of para-hydroxylation sites is 1. The van der Waals surface area contributed by atoms with E-state index in [0.717, 1.165) is 36.0 Å². The first kappa shape index (κ1) is 18.7. The van der Waals surface area contributed by atoms with Gasteiger partial charge in [-0.1, -0.05) is 23.7 Å². The van der Waals surface area contributed by atoms with E-state index in [9.17, 15) is 4.79 Å². The van der Waals surface area contributed by atoms with Gasteiger partial charge in [0.1, 0.15) is 0 Å². The average Bonchev–Trinajstić information content (AvgIpc) is 3.22. The Bertz CT molecular complexity index is 986. The van der Waals surface area contributed by atoms with Crippen LogP contribution in [-0.2, 0) is 4.74 Å². The van der Waals surface area contributed by atoms with Gasteiger partial charge >= 0.3 is 5.97 Å². The van der Waals surface area contributed by atoms with Crippen molar-refractivity contribution in [3.8, 4) is 0 Å². The van der Waals surface area contributed by atoms with Crippen LogP contribution in [0.2, 0.25) is 5.02 Å². The van der Waals surface area contributed by atoms with E-state index < -0.39 is 0 Å². The number of carbonyl (C=O) groups is 1. The van der Waals surface area contributed by atoms with Crippen LogP contribution in [-0.4, -0.2) is 30.1 Å². The van der Waals surface area contributed by atoms with Crippen molar-refractivity contribution in [3.05, 3.63) is 65.3 Å². The van der Waals surface area contributed by atoms with Gasteiger partial charge < -0.3 is 15.4 Å². The first-order chi connectivity index (χ1) is 13.7. The molecule has 0 spiro atoms. The Labute approximate surface area is 169 Å². The molecule has 0 radical (unpaired) electrons. The lowest BCUT2D eigenvalue weighted by atomic mass is 10.1. The fourth-order valence-electron chi connectivity index (χ4n) is 3.52. The number of halogens is 1. The molecule has 1 fully saturated rings. The predicted molar refractivity (Wildman–Crippen MR) is 112 cm³/mol. The molecule has 4 rings (SSSR count). The minimum atomic E-state index is -0.317. The number of ether oxygens (including phenoxy) is 1. The summed E-state index contributed by atoms with van der Waals surface area (Å²) in [5.41, 5.74) is 2.87. The average molecular weight is 396 g/mol. The van der Waals surface area contributed by atoms with Crippen LogP contribution in [0.15, 0.2) is 54.7 Å². The van der Waals surface area contributed by atoms with Crippen LogP contribution in [0.3, 0.4) is 0 Å². The largest absolute Gasteiger partial charge is 0.462 e. The van der Waals surface area contributed by atoms with Crippen LogP contribution in [0.25, 0.3) is 10.9 Å². The second kappa shape index (κ2) is 8.59. The Morgan fingerprint density at radius 3 is 2.96 bits per heavy atom. The standard InChI is InChI=1S/C22H22ClN3O2/c23-15-7-8-17-20(9-12-25-21(17)14-15)26-19-6-2-1-5-18(19)22(27)28-13-10-16-4-3-11-24-16/h1-2,5-9,12,14,16,24H,3-4,10-11,13H2,(H,25,26). The highest BCUT2D eigenvalue weighted by Crippen LogP contribution is 2.28. The first-order valence-electron chi connectivity index (χ1n) is 9.51. The number of carbonyl (C=O) groups excluding carboxylic acids is 1. The highest BCUT2D eigenvalue weighted by Gasteiger charge is 2.17. The van der Waals surface area contributed by atoms with Crippen molar-refractivity contribution in [2.75, 3.05) is 18.5 Å². The summed E-state index contributed by atoms with van der Waals surface area (Å²) in [7, 11) is 0. The normalized spacial score (nSPS) is 16.2. The van der Waals surface area contributed by atoms with Crippen LogP contribution in [0.1, 0.15) is 29.6 Å². The molecule has 0 amide bonds. The number of anilines is 2. The molecule has 5 nitrogen and oxygen atoms in total. The number of pyridine rings is 1. The smallest absolute Gasteiger partial charge is 0.340 e. The number of hydrogen-bond donors (Lipinski definition) is 2. The summed E-state index contributed by atoms with van der Waals surface area (Å²) in [6.07, 6.45) is 4.90. The van der Waals surface area contributed by atoms with Gasteiger partial charge in [0.05, 0.1) is 23.4 Å². The Morgan fingerprint density at radius 1 is 1.21 bits per heavy atom. The summed E-state index contributed by atoms with van der Waals surface area (Å²) in [5, 5.41) is 8.34. The third kappa shape index (κ3) is 4.26. The van der Waals surface area contributed by atoms with Gasteiger partial charge in [0.2, 0.25) is 0 Å². The maximum absolute atomic E-state index is 12.6. The minimum Gasteiger partial charge on any atom is -0.462 e. The van der Waals surface area contributed by atoms with Crippen LogP contribution in [0, 0.1) is 0 Å². The molecule has 0 saturated carbocycles. The number of nitrogens with one attached hydrogen (secondary N) is 2. The Hall–Kier alpha value is -2.63. The highest BCUT2D eigenvalue weighted by atomic mass is 35.5. The fraction of sp³-hybridized carbons (Fsp3) is 0.273. The van der Waals surface area contributed by atoms with Crippen LogP contribution >= 0.6 is 11.6 Å². The highest BCUT2D eigenvalue weighted by molar-refractivity contribution is 6.31. The molecule has 1 saturated heterocycles. The van der Waals surface area contributed by atoms with E-state index in [1.165, 1.54) is 6.42 Å². The molecule has 1 aliphatic heterocycles. The quantitative estimate of drug-likeness (QED) is 0.579. The van der Waals surface area contributed by atoms with Crippen molar-refractivity contribution in [3.63, 3.8) is 0 Å². The van der Waals surface area contributed by atoms with Crippen molar-refractivity contribution in [1.82, 2.24) is 10.3 Å². The van der Waals surface area contributed by atoms with E-state index in [-0.39, 0.29) is 5.97 Å². The number of fused-ring (bicyclic) bond motifs is 1. The Morgan fingerprint density at radius 2 is 2.11 bits per heavy atom. The third-order valence-electron chi connectivity index (χ3n) is 4.98. The molecule has 28 heavy (non-hydrogen) atoms. The summed E-state index contributed by atoms with van der Waals surface area (Å²) < 4.78 is 5.52. The van der Waals surface area contributed by atoms with E-state index in [1.54, 1.807) is 12.3 Å². The molecule has 2 N–H and O–H groups in total. The zero-order chi connectivity index (χ0) is 19.3. The molecular weight excluding hydrogens is 374 g/mol. The van der Waals surface area contributed by atoms with E-state index in [0.29, 0.717) is 28.9 Å². The molecule has 1 aromatic heterocycles. The molecule has 1 unspecified atom stereocenters. The maximum atomic E-state index is 12.6. The molecular formula is C22H22ClN3O2. The molecule has 2 aromatic carbocycles. The van der Waals surface area contributed by atoms with Crippen molar-refractivity contribution in [2.45, 2.75) is 25.3 Å². The molecule has 6 heteroatoms. The van der Waals surface area contributed by atoms with Crippen LogP contribution < -0.4 is 10.6 Å². The zero-order valence-corrected chi connectivity index (χ0v) is 16.2. The molecule has 144 valence electrons. The minimum absolute atomic E-state index is 0.317. The second-order valence-electron chi connectivity index (χ2n) is 6.91. The van der Waals surface area contributed by atoms with Gasteiger partial charge in [-0.15, -0.1) is 0 Å². The van der Waals surface area contributed by atoms with Crippen molar-refractivity contribution < 1.29 is 9.53 Å². The van der Waals surface area contributed by atoms with Gasteiger partial charge in [-0.3, -0.25) is 4.98 Å². The zero-order valence-electron chi connectivity index (χ0n) is 15.5. The summed E-state index contributed by atoms with van der Waals surface area (Å²) in [5.74, 6) is -0.317. The Balaban J connectivity index is 1.51. The lowest BCUT2D eigenvalue weighted by molar-refractivity contribution is 0.0493. The van der Waals surface area contributed by atoms with Crippen molar-refractivity contribution >= 4 is 39.8 Å². The summed E-state index contributed by atoms with van der Waals surface area (Å²) in [6, 6.07) is 15.3. The van der Waals surface area contributed by atoms with Gasteiger partial charge in [-0.25, -0.2) is 4.79 Å². The third-order valence-corrected chi connectivity index (χ3v) is 5.22. The van der Waals surface area contributed by atoms with E-state index in [1.807, 2.05) is 42.5 Å². The monoisotopic (exact) mass is 395 g/mol. The van der Waals surface area contributed by atoms with Crippen molar-refractivity contribution in [1.29, 1.82) is 0 Å². The van der Waals surface area contributed by atoms with Crippen molar-refractivity contribution in [2.24, 2.45) is 0 Å². The lowest BCUT2D eigenvalue weighted by Gasteiger charge is -2.14. The SMILES string of the molecule is O=C(OCCC1CCCN1)c1ccccc1Nc1ccnc2cc(Cl)ccc12. The first-order valence-corrected chi connectivity index (χ1v) is 9.89. The van der Waals surface area contributed by atoms with Crippen LogP contribution in [0.5, 0.6) is 0 Å². The lowest BCUT2D eigenvalue weighted by Crippen LogP contribution is -2.23. The van der Waals surface area contributed by atoms with Gasteiger partial charge in [-0.2, -0.15) is 0 Å². The van der Waals surface area contributed by atoms with E-state index >= 15 is 0 Å². The van der Waals surface area contributed by atoms with E-state index in [4.69, 9.17) is 16.3 Å². The van der Waals surface area contributed by atoms with Gasteiger partial charge in [-0.05, 0) is 62.2 Å². The number of rotatable bonds is 6. The number of esters is 1. The predicted octanol–water partition coefficient (Wildman–Crippen LogP) is 4.93. The Kier molecular flexibility index (Phi) is 5.74. The number of aromatic nitrogens is 1. The molecule has 0 aliphatic carbocycles. The summed E-state index contributed by atoms with van der Waals surface area (Å²) in [6.45, 7) is 1.47. The topological polar surface area (TPSA) is 63.2 Å².